The zero-order chi connectivity index (χ0) is 20.4. The lowest BCUT2D eigenvalue weighted by Crippen LogP contribution is -2.32. The molecule has 3 aromatic carbocycles. The number of anilines is 1. The van der Waals surface area contributed by atoms with Gasteiger partial charge in [-0.3, -0.25) is 14.5 Å². The lowest BCUT2D eigenvalue weighted by atomic mass is 10.1. The molecule has 1 saturated heterocycles. The van der Waals surface area contributed by atoms with Gasteiger partial charge in [-0.05, 0) is 24.3 Å². The zero-order valence-corrected chi connectivity index (χ0v) is 16.0. The van der Waals surface area contributed by atoms with Crippen molar-refractivity contribution in [1.29, 1.82) is 0 Å². The predicted octanol–water partition coefficient (Wildman–Crippen LogP) is 4.40. The SMILES string of the molecule is O=C1C(=O)N(c2ccccc2O)C(Sc2ccccc2)/C1=C(/O)c1ccccc1. The number of hydrogen-bond acceptors (Lipinski definition) is 5. The summed E-state index contributed by atoms with van der Waals surface area (Å²) in [5, 5.41) is 20.4. The number of Topliss-reactive ketones (excluding diaryl/α,β-unsaturated/α-hetero) is 1. The van der Waals surface area contributed by atoms with Gasteiger partial charge >= 0.3 is 5.91 Å². The fourth-order valence-corrected chi connectivity index (χ4v) is 4.41. The van der Waals surface area contributed by atoms with E-state index in [9.17, 15) is 19.8 Å². The number of aliphatic hydroxyl groups is 1. The minimum Gasteiger partial charge on any atom is -0.507 e. The Morgan fingerprint density at radius 1 is 0.828 bits per heavy atom. The summed E-state index contributed by atoms with van der Waals surface area (Å²) in [7, 11) is 0. The van der Waals surface area contributed by atoms with Crippen LogP contribution in [0.2, 0.25) is 0 Å². The number of phenols is 1. The standard InChI is InChI=1S/C23H17NO4S/c25-18-14-8-7-13-17(18)24-22(28)21(27)19(20(26)15-9-3-1-4-10-15)23(24)29-16-11-5-2-6-12-16/h1-14,23,25-26H/b20-19+. The number of hydrogen-bond donors (Lipinski definition) is 2. The Bertz CT molecular complexity index is 1100. The molecule has 1 atom stereocenters. The summed E-state index contributed by atoms with van der Waals surface area (Å²) in [6.45, 7) is 0. The van der Waals surface area contributed by atoms with Gasteiger partial charge in [-0.2, -0.15) is 0 Å². The fraction of sp³-hybridized carbons (Fsp3) is 0.0435. The minimum absolute atomic E-state index is 0.00157. The van der Waals surface area contributed by atoms with Crippen molar-refractivity contribution in [1.82, 2.24) is 0 Å². The number of benzene rings is 3. The molecule has 144 valence electrons. The van der Waals surface area contributed by atoms with E-state index in [2.05, 4.69) is 0 Å². The molecule has 0 spiro atoms. The Hall–Kier alpha value is -3.51. The van der Waals surface area contributed by atoms with Gasteiger partial charge in [-0.1, -0.05) is 72.4 Å². The molecular formula is C23H17NO4S. The number of rotatable bonds is 4. The number of aliphatic hydroxyl groups excluding tert-OH is 1. The molecule has 5 nitrogen and oxygen atoms in total. The van der Waals surface area contributed by atoms with Crippen molar-refractivity contribution in [2.75, 3.05) is 4.90 Å². The van der Waals surface area contributed by atoms with Crippen molar-refractivity contribution >= 4 is 34.9 Å². The molecule has 0 aromatic heterocycles. The van der Waals surface area contributed by atoms with E-state index >= 15 is 0 Å². The third-order valence-corrected chi connectivity index (χ3v) is 5.79. The lowest BCUT2D eigenvalue weighted by molar-refractivity contribution is -0.132. The number of carbonyl (C=O) groups is 2. The zero-order valence-electron chi connectivity index (χ0n) is 15.2. The molecule has 0 aliphatic carbocycles. The summed E-state index contributed by atoms with van der Waals surface area (Å²) >= 11 is 1.26. The maximum atomic E-state index is 12.9. The third-order valence-electron chi connectivity index (χ3n) is 4.57. The van der Waals surface area contributed by atoms with Gasteiger partial charge in [0.05, 0.1) is 11.3 Å². The Labute approximate surface area is 171 Å². The fourth-order valence-electron chi connectivity index (χ4n) is 3.19. The van der Waals surface area contributed by atoms with Crippen LogP contribution >= 0.6 is 11.8 Å². The summed E-state index contributed by atoms with van der Waals surface area (Å²) in [6, 6.07) is 24.3. The molecule has 6 heteroatoms. The van der Waals surface area contributed by atoms with Crippen LogP contribution in [0, 0.1) is 0 Å². The monoisotopic (exact) mass is 403 g/mol. The summed E-state index contributed by atoms with van der Waals surface area (Å²) < 4.78 is 0. The second-order valence-electron chi connectivity index (χ2n) is 6.40. The second kappa shape index (κ2) is 7.85. The average molecular weight is 403 g/mol. The van der Waals surface area contributed by atoms with Crippen LogP contribution in [0.25, 0.3) is 5.76 Å². The van der Waals surface area contributed by atoms with E-state index in [4.69, 9.17) is 0 Å². The molecule has 29 heavy (non-hydrogen) atoms. The van der Waals surface area contributed by atoms with E-state index in [1.54, 1.807) is 48.5 Å². The Balaban J connectivity index is 1.88. The maximum Gasteiger partial charge on any atom is 0.300 e. The van der Waals surface area contributed by atoms with Gasteiger partial charge < -0.3 is 10.2 Å². The molecule has 1 aliphatic heterocycles. The molecule has 1 unspecified atom stereocenters. The number of thioether (sulfide) groups is 1. The van der Waals surface area contributed by atoms with Gasteiger partial charge in [0, 0.05) is 10.5 Å². The third kappa shape index (κ3) is 3.50. The first kappa shape index (κ1) is 18.8. The molecular weight excluding hydrogens is 386 g/mol. The van der Waals surface area contributed by atoms with Crippen LogP contribution in [0.3, 0.4) is 0 Å². The van der Waals surface area contributed by atoms with Crippen LogP contribution in [0.5, 0.6) is 5.75 Å². The highest BCUT2D eigenvalue weighted by atomic mass is 32.2. The first-order valence-corrected chi connectivity index (χ1v) is 9.82. The Kier molecular flexibility index (Phi) is 5.10. The maximum absolute atomic E-state index is 12.9. The summed E-state index contributed by atoms with van der Waals surface area (Å²) in [6.07, 6.45) is 0. The summed E-state index contributed by atoms with van der Waals surface area (Å²) in [4.78, 5) is 27.9. The van der Waals surface area contributed by atoms with Crippen molar-refractivity contribution in [3.8, 4) is 5.75 Å². The van der Waals surface area contributed by atoms with E-state index in [1.807, 2.05) is 30.3 Å². The van der Waals surface area contributed by atoms with Gasteiger partial charge in [0.2, 0.25) is 0 Å². The molecule has 1 amide bonds. The largest absolute Gasteiger partial charge is 0.507 e. The van der Waals surface area contributed by atoms with Crippen LogP contribution in [-0.2, 0) is 9.59 Å². The van der Waals surface area contributed by atoms with Gasteiger partial charge in [0.25, 0.3) is 5.78 Å². The first-order valence-electron chi connectivity index (χ1n) is 8.94. The number of ketones is 1. The molecule has 0 saturated carbocycles. The summed E-state index contributed by atoms with van der Waals surface area (Å²) in [5.74, 6) is -1.94. The van der Waals surface area contributed by atoms with Crippen molar-refractivity contribution < 1.29 is 19.8 Å². The topological polar surface area (TPSA) is 77.8 Å². The number of amides is 1. The highest BCUT2D eigenvalue weighted by molar-refractivity contribution is 8.00. The molecule has 1 heterocycles. The van der Waals surface area contributed by atoms with Crippen LogP contribution in [-0.4, -0.2) is 27.3 Å². The quantitative estimate of drug-likeness (QED) is 0.384. The van der Waals surface area contributed by atoms with Gasteiger partial charge in [-0.15, -0.1) is 0 Å². The molecule has 0 radical (unpaired) electrons. The van der Waals surface area contributed by atoms with E-state index in [0.29, 0.717) is 5.56 Å². The van der Waals surface area contributed by atoms with Crippen molar-refractivity contribution in [2.45, 2.75) is 10.3 Å². The Morgan fingerprint density at radius 3 is 2.07 bits per heavy atom. The average Bonchev–Trinajstić information content (AvgIpc) is 2.99. The van der Waals surface area contributed by atoms with Crippen LogP contribution in [0.15, 0.2) is 95.4 Å². The van der Waals surface area contributed by atoms with Crippen molar-refractivity contribution in [2.24, 2.45) is 0 Å². The molecule has 1 fully saturated rings. The van der Waals surface area contributed by atoms with Gasteiger partial charge in [0.15, 0.2) is 0 Å². The number of para-hydroxylation sites is 2. The first-order chi connectivity index (χ1) is 14.1. The van der Waals surface area contributed by atoms with E-state index < -0.39 is 17.1 Å². The Morgan fingerprint density at radius 2 is 1.41 bits per heavy atom. The van der Waals surface area contributed by atoms with E-state index in [0.717, 1.165) is 4.90 Å². The number of nitrogens with zero attached hydrogens (tertiary/aromatic N) is 1. The summed E-state index contributed by atoms with van der Waals surface area (Å²) in [5.41, 5.74) is 0.662. The van der Waals surface area contributed by atoms with Crippen molar-refractivity contribution in [3.63, 3.8) is 0 Å². The molecule has 4 rings (SSSR count). The number of carbonyl (C=O) groups excluding carboxylic acids is 2. The van der Waals surface area contributed by atoms with Crippen LogP contribution in [0.4, 0.5) is 5.69 Å². The second-order valence-corrected chi connectivity index (χ2v) is 7.56. The predicted molar refractivity (Wildman–Crippen MR) is 113 cm³/mol. The molecule has 0 bridgehead atoms. The number of phenolic OH excluding ortho intramolecular Hbond substituents is 1. The molecule has 2 N–H and O–H groups in total. The normalized spacial score (nSPS) is 18.2. The minimum atomic E-state index is -0.828. The van der Waals surface area contributed by atoms with E-state index in [-0.39, 0.29) is 22.8 Å². The highest BCUT2D eigenvalue weighted by Gasteiger charge is 2.47. The highest BCUT2D eigenvalue weighted by Crippen LogP contribution is 2.43. The van der Waals surface area contributed by atoms with Crippen LogP contribution in [0.1, 0.15) is 5.56 Å². The molecule has 1 aliphatic rings. The lowest BCUT2D eigenvalue weighted by Gasteiger charge is -2.25. The van der Waals surface area contributed by atoms with Gasteiger partial charge in [0.1, 0.15) is 16.9 Å². The van der Waals surface area contributed by atoms with Crippen LogP contribution < -0.4 is 4.90 Å². The van der Waals surface area contributed by atoms with Gasteiger partial charge in [-0.25, -0.2) is 0 Å². The number of aromatic hydroxyl groups is 1. The van der Waals surface area contributed by atoms with Crippen molar-refractivity contribution in [3.05, 3.63) is 96.1 Å². The van der Waals surface area contributed by atoms with E-state index in [1.165, 1.54) is 22.7 Å². The molecule has 3 aromatic rings. The smallest absolute Gasteiger partial charge is 0.300 e.